The third kappa shape index (κ3) is 3.15. The molecule has 0 bridgehead atoms. The maximum Gasteiger partial charge on any atom is 0.147 e. The lowest BCUT2D eigenvalue weighted by molar-refractivity contribution is 1.36. The van der Waals surface area contributed by atoms with Crippen molar-refractivity contribution in [2.24, 2.45) is 4.99 Å². The van der Waals surface area contributed by atoms with Crippen LogP contribution in [0.25, 0.3) is 5.57 Å². The van der Waals surface area contributed by atoms with Gasteiger partial charge in [0.2, 0.25) is 0 Å². The number of nitriles is 1. The summed E-state index contributed by atoms with van der Waals surface area (Å²) in [5.41, 5.74) is 3.50. The molecule has 0 saturated carbocycles. The maximum atomic E-state index is 9.15. The molecular formula is C15H16N2. The molecule has 1 aromatic rings. The van der Waals surface area contributed by atoms with E-state index in [2.05, 4.69) is 11.1 Å². The third-order valence-electron chi connectivity index (χ3n) is 2.39. The van der Waals surface area contributed by atoms with Gasteiger partial charge in [0, 0.05) is 11.8 Å². The quantitative estimate of drug-likeness (QED) is 0.436. The number of aryl methyl sites for hydroxylation is 1. The molecule has 0 aliphatic heterocycles. The highest BCUT2D eigenvalue weighted by molar-refractivity contribution is 5.81. The second-order valence-electron chi connectivity index (χ2n) is 3.58. The van der Waals surface area contributed by atoms with Crippen molar-refractivity contribution in [2.75, 3.05) is 0 Å². The van der Waals surface area contributed by atoms with Crippen molar-refractivity contribution in [1.29, 1.82) is 5.26 Å². The predicted molar refractivity (Wildman–Crippen MR) is 72.7 cm³/mol. The molecule has 86 valence electrons. The fourth-order valence-corrected chi connectivity index (χ4v) is 1.63. The zero-order chi connectivity index (χ0) is 12.7. The summed E-state index contributed by atoms with van der Waals surface area (Å²) in [7, 11) is 0. The van der Waals surface area contributed by atoms with Crippen molar-refractivity contribution >= 4 is 11.8 Å². The number of hydrogen-bond donors (Lipinski definition) is 0. The van der Waals surface area contributed by atoms with Crippen molar-refractivity contribution in [3.63, 3.8) is 0 Å². The fraction of sp³-hybridized carbons (Fsp3) is 0.200. The van der Waals surface area contributed by atoms with Gasteiger partial charge in [-0.1, -0.05) is 36.4 Å². The molecule has 0 amide bonds. The first kappa shape index (κ1) is 12.9. The number of hydrogen-bond acceptors (Lipinski definition) is 2. The molecule has 1 rings (SSSR count). The Bertz CT molecular complexity index is 514. The Morgan fingerprint density at radius 2 is 2.00 bits per heavy atom. The van der Waals surface area contributed by atoms with Gasteiger partial charge in [0.25, 0.3) is 0 Å². The first-order valence-electron chi connectivity index (χ1n) is 5.56. The van der Waals surface area contributed by atoms with Gasteiger partial charge in [-0.15, -0.1) is 0 Å². The second kappa shape index (κ2) is 6.44. The number of rotatable bonds is 3. The Hall–Kier alpha value is -2.14. The monoisotopic (exact) mass is 224 g/mol. The van der Waals surface area contributed by atoms with Crippen LogP contribution in [0.15, 0.2) is 47.1 Å². The summed E-state index contributed by atoms with van der Waals surface area (Å²) in [4.78, 5) is 4.12. The van der Waals surface area contributed by atoms with E-state index in [1.54, 1.807) is 6.21 Å². The standard InChI is InChI=1S/C15H16N2/c1-4-8-14(15(11-16)17-5-2)13-10-7-6-9-12(13)3/h4-10H,1-3H3/b8-4-,15-14+,17-5?. The summed E-state index contributed by atoms with van der Waals surface area (Å²) in [5.74, 6) is 0. The highest BCUT2D eigenvalue weighted by Gasteiger charge is 2.07. The summed E-state index contributed by atoms with van der Waals surface area (Å²) in [6.45, 7) is 5.77. The third-order valence-corrected chi connectivity index (χ3v) is 2.39. The Labute approximate surface area is 103 Å². The zero-order valence-corrected chi connectivity index (χ0v) is 10.4. The highest BCUT2D eigenvalue weighted by Crippen LogP contribution is 2.24. The van der Waals surface area contributed by atoms with Gasteiger partial charge in [-0.3, -0.25) is 0 Å². The molecule has 0 N–H and O–H groups in total. The lowest BCUT2D eigenvalue weighted by atomic mass is 9.98. The van der Waals surface area contributed by atoms with E-state index in [0.717, 1.165) is 16.7 Å². The molecule has 0 unspecified atom stereocenters. The van der Waals surface area contributed by atoms with E-state index in [0.29, 0.717) is 5.70 Å². The van der Waals surface area contributed by atoms with Crippen LogP contribution in [-0.2, 0) is 0 Å². The van der Waals surface area contributed by atoms with E-state index >= 15 is 0 Å². The van der Waals surface area contributed by atoms with Crippen LogP contribution in [0.3, 0.4) is 0 Å². The van der Waals surface area contributed by atoms with E-state index in [4.69, 9.17) is 5.26 Å². The lowest BCUT2D eigenvalue weighted by Gasteiger charge is -2.07. The SMILES string of the molecule is CC=N/C(C#N)=C(\C=C/C)c1ccccc1C. The largest absolute Gasteiger partial charge is 0.250 e. The van der Waals surface area contributed by atoms with Gasteiger partial charge >= 0.3 is 0 Å². The zero-order valence-electron chi connectivity index (χ0n) is 10.4. The van der Waals surface area contributed by atoms with Crippen LogP contribution < -0.4 is 0 Å². The van der Waals surface area contributed by atoms with Crippen LogP contribution >= 0.6 is 0 Å². The summed E-state index contributed by atoms with van der Waals surface area (Å²) in [6, 6.07) is 10.1. The van der Waals surface area contributed by atoms with Crippen molar-refractivity contribution < 1.29 is 0 Å². The Morgan fingerprint density at radius 1 is 1.29 bits per heavy atom. The Balaban J connectivity index is 3.48. The molecule has 0 aromatic heterocycles. The molecule has 0 heterocycles. The van der Waals surface area contributed by atoms with Gasteiger partial charge in [0.15, 0.2) is 0 Å². The smallest absolute Gasteiger partial charge is 0.147 e. The molecule has 0 saturated heterocycles. The Kier molecular flexibility index (Phi) is 4.90. The summed E-state index contributed by atoms with van der Waals surface area (Å²) in [5, 5.41) is 9.15. The van der Waals surface area contributed by atoms with E-state index in [9.17, 15) is 0 Å². The minimum Gasteiger partial charge on any atom is -0.250 e. The van der Waals surface area contributed by atoms with Crippen LogP contribution in [0, 0.1) is 18.3 Å². The molecule has 0 fully saturated rings. The van der Waals surface area contributed by atoms with Crippen LogP contribution in [0.2, 0.25) is 0 Å². The minimum absolute atomic E-state index is 0.444. The molecule has 0 radical (unpaired) electrons. The van der Waals surface area contributed by atoms with Gasteiger partial charge in [0.05, 0.1) is 0 Å². The molecular weight excluding hydrogens is 208 g/mol. The summed E-state index contributed by atoms with van der Waals surface area (Å²) >= 11 is 0. The number of aliphatic imine (C=N–C) groups is 1. The number of allylic oxidation sites excluding steroid dienone is 4. The van der Waals surface area contributed by atoms with E-state index < -0.39 is 0 Å². The van der Waals surface area contributed by atoms with Crippen LogP contribution in [0.5, 0.6) is 0 Å². The molecule has 0 aliphatic carbocycles. The minimum atomic E-state index is 0.444. The molecule has 0 aliphatic rings. The summed E-state index contributed by atoms with van der Waals surface area (Å²) in [6.07, 6.45) is 5.48. The van der Waals surface area contributed by atoms with Gasteiger partial charge in [-0.2, -0.15) is 5.26 Å². The fourth-order valence-electron chi connectivity index (χ4n) is 1.63. The van der Waals surface area contributed by atoms with Crippen molar-refractivity contribution in [1.82, 2.24) is 0 Å². The van der Waals surface area contributed by atoms with E-state index in [-0.39, 0.29) is 0 Å². The van der Waals surface area contributed by atoms with Crippen LogP contribution in [-0.4, -0.2) is 6.21 Å². The van der Waals surface area contributed by atoms with Gasteiger partial charge in [-0.25, -0.2) is 4.99 Å². The maximum absolute atomic E-state index is 9.15. The normalized spacial score (nSPS) is 12.8. The molecule has 1 aromatic carbocycles. The van der Waals surface area contributed by atoms with Crippen molar-refractivity contribution in [2.45, 2.75) is 20.8 Å². The molecule has 2 nitrogen and oxygen atoms in total. The van der Waals surface area contributed by atoms with E-state index in [1.165, 1.54) is 0 Å². The van der Waals surface area contributed by atoms with E-state index in [1.807, 2.05) is 57.2 Å². The first-order chi connectivity index (χ1) is 8.24. The number of benzene rings is 1. The van der Waals surface area contributed by atoms with Crippen molar-refractivity contribution in [3.8, 4) is 6.07 Å². The first-order valence-corrected chi connectivity index (χ1v) is 5.56. The average molecular weight is 224 g/mol. The van der Waals surface area contributed by atoms with Crippen LogP contribution in [0.1, 0.15) is 25.0 Å². The van der Waals surface area contributed by atoms with Gasteiger partial charge < -0.3 is 0 Å². The second-order valence-corrected chi connectivity index (χ2v) is 3.58. The molecule has 2 heteroatoms. The average Bonchev–Trinajstić information content (AvgIpc) is 2.34. The number of nitrogens with zero attached hydrogens (tertiary/aromatic N) is 2. The Morgan fingerprint density at radius 3 is 2.53 bits per heavy atom. The van der Waals surface area contributed by atoms with Crippen molar-refractivity contribution in [3.05, 3.63) is 53.2 Å². The molecule has 0 spiro atoms. The van der Waals surface area contributed by atoms with Crippen LogP contribution in [0.4, 0.5) is 0 Å². The topological polar surface area (TPSA) is 36.1 Å². The highest BCUT2D eigenvalue weighted by atomic mass is 14.7. The summed E-state index contributed by atoms with van der Waals surface area (Å²) < 4.78 is 0. The predicted octanol–water partition coefficient (Wildman–Crippen LogP) is 3.90. The molecule has 17 heavy (non-hydrogen) atoms. The van der Waals surface area contributed by atoms with Gasteiger partial charge in [0.1, 0.15) is 11.8 Å². The van der Waals surface area contributed by atoms with Gasteiger partial charge in [-0.05, 0) is 31.9 Å². The lowest BCUT2D eigenvalue weighted by Crippen LogP contribution is -1.90. The molecule has 0 atom stereocenters.